The Labute approximate surface area is 189 Å². The van der Waals surface area contributed by atoms with Crippen LogP contribution in [0.25, 0.3) is 32.0 Å². The first kappa shape index (κ1) is 22.9. The van der Waals surface area contributed by atoms with Crippen molar-refractivity contribution in [2.75, 3.05) is 0 Å². The van der Waals surface area contributed by atoms with Crippen LogP contribution in [0.2, 0.25) is 5.15 Å². The van der Waals surface area contributed by atoms with Gasteiger partial charge in [0.25, 0.3) is 0 Å². The molecular weight excluding hydrogens is 436 g/mol. The first-order chi connectivity index (χ1) is 14.1. The fraction of sp³-hybridized carbons (Fsp3) is 0.333. The predicted molar refractivity (Wildman–Crippen MR) is 125 cm³/mol. The number of pyridine rings is 1. The molecule has 0 saturated carbocycles. The molecule has 1 aromatic carbocycles. The smallest absolute Gasteiger partial charge is 0.408 e. The molecule has 4 rings (SSSR count). The van der Waals surface area contributed by atoms with E-state index in [4.69, 9.17) is 21.3 Å². The molecule has 0 radical (unpaired) electrons. The normalized spacial score (nSPS) is 12.6. The van der Waals surface area contributed by atoms with E-state index in [1.54, 1.807) is 6.33 Å². The number of nitrogens with one attached hydrogen (secondary N) is 1. The van der Waals surface area contributed by atoms with Crippen molar-refractivity contribution in [3.05, 3.63) is 41.3 Å². The zero-order chi connectivity index (χ0) is 21.6. The van der Waals surface area contributed by atoms with Crippen molar-refractivity contribution in [3.8, 4) is 10.6 Å². The van der Waals surface area contributed by atoms with Crippen LogP contribution >= 0.6 is 22.9 Å². The van der Waals surface area contributed by atoms with Crippen LogP contribution < -0.4 is 11.5 Å². The van der Waals surface area contributed by atoms with Gasteiger partial charge >= 0.3 is 6.09 Å². The van der Waals surface area contributed by atoms with Gasteiger partial charge in [-0.15, -0.1) is 0 Å². The van der Waals surface area contributed by atoms with E-state index in [0.29, 0.717) is 10.7 Å². The fourth-order valence-electron chi connectivity index (χ4n) is 3.18. The lowest BCUT2D eigenvalue weighted by Crippen LogP contribution is -2.34. The maximum Gasteiger partial charge on any atom is 0.408 e. The van der Waals surface area contributed by atoms with E-state index in [2.05, 4.69) is 15.3 Å². The summed E-state index contributed by atoms with van der Waals surface area (Å²) in [5.41, 5.74) is 3.64. The Morgan fingerprint density at radius 3 is 2.71 bits per heavy atom. The van der Waals surface area contributed by atoms with Crippen molar-refractivity contribution in [1.29, 1.82) is 0 Å². The van der Waals surface area contributed by atoms with E-state index in [9.17, 15) is 4.79 Å². The average molecular weight is 461 g/mol. The Hall–Kier alpha value is -2.75. The monoisotopic (exact) mass is 460 g/mol. The maximum atomic E-state index is 12.1. The number of benzene rings is 1. The van der Waals surface area contributed by atoms with Gasteiger partial charge in [-0.1, -0.05) is 41.1 Å². The Balaban J connectivity index is 0.00000272. The number of nitrogens with zero attached hydrogens (tertiary/aromatic N) is 4. The molecule has 1 amide bonds. The van der Waals surface area contributed by atoms with Gasteiger partial charge in [-0.3, -0.25) is 0 Å². The van der Waals surface area contributed by atoms with Crippen molar-refractivity contribution in [1.82, 2.24) is 31.0 Å². The molecule has 1 atom stereocenters. The number of thiazole rings is 1. The lowest BCUT2D eigenvalue weighted by molar-refractivity contribution is 0.0508. The van der Waals surface area contributed by atoms with Crippen LogP contribution in [0.15, 0.2) is 30.6 Å². The number of alkyl carbamates (subject to hydrolysis) is 1. The van der Waals surface area contributed by atoms with Crippen LogP contribution in [0.3, 0.4) is 0 Å². The molecule has 0 saturated heterocycles. The third-order valence-electron chi connectivity index (χ3n) is 4.53. The minimum atomic E-state index is -0.544. The summed E-state index contributed by atoms with van der Waals surface area (Å²) in [6.45, 7) is 7.43. The van der Waals surface area contributed by atoms with Crippen LogP contribution in [0.1, 0.15) is 39.3 Å². The number of rotatable bonds is 3. The SMILES string of the molecule is CC(NC(=O)OC(C)(C)C)c1cccc(-c2nc3c(nc(Cl)c4ncn(C)c43)s2)c1.N. The molecule has 164 valence electrons. The van der Waals surface area contributed by atoms with Crippen LogP contribution in [-0.4, -0.2) is 31.2 Å². The molecular formula is C21H25ClN6O2S. The van der Waals surface area contributed by atoms with Gasteiger partial charge in [0.2, 0.25) is 0 Å². The number of carbonyl (C=O) groups is 1. The predicted octanol–water partition coefficient (Wildman–Crippen LogP) is 5.65. The van der Waals surface area contributed by atoms with Crippen molar-refractivity contribution in [2.24, 2.45) is 7.05 Å². The fourth-order valence-corrected chi connectivity index (χ4v) is 4.39. The number of hydrogen-bond donors (Lipinski definition) is 2. The highest BCUT2D eigenvalue weighted by Gasteiger charge is 2.20. The first-order valence-electron chi connectivity index (χ1n) is 9.49. The summed E-state index contributed by atoms with van der Waals surface area (Å²) in [6.07, 6.45) is 1.26. The summed E-state index contributed by atoms with van der Waals surface area (Å²) in [5, 5.41) is 4.07. The van der Waals surface area contributed by atoms with Crippen molar-refractivity contribution in [2.45, 2.75) is 39.3 Å². The Bertz CT molecular complexity index is 1260. The molecule has 0 spiro atoms. The highest BCUT2D eigenvalue weighted by atomic mass is 35.5. The number of hydrogen-bond acceptors (Lipinski definition) is 7. The van der Waals surface area contributed by atoms with Gasteiger partial charge in [0.05, 0.1) is 12.4 Å². The highest BCUT2D eigenvalue weighted by Crippen LogP contribution is 2.35. The molecule has 1 unspecified atom stereocenters. The Kier molecular flexibility index (Phi) is 6.22. The number of aryl methyl sites for hydroxylation is 1. The third kappa shape index (κ3) is 4.63. The van der Waals surface area contributed by atoms with Crippen LogP contribution in [0.5, 0.6) is 0 Å². The average Bonchev–Trinajstić information content (AvgIpc) is 3.24. The largest absolute Gasteiger partial charge is 0.444 e. The van der Waals surface area contributed by atoms with Crippen LogP contribution in [0, 0.1) is 0 Å². The summed E-state index contributed by atoms with van der Waals surface area (Å²) >= 11 is 7.78. The van der Waals surface area contributed by atoms with E-state index in [1.165, 1.54) is 11.3 Å². The van der Waals surface area contributed by atoms with E-state index < -0.39 is 11.7 Å². The first-order valence-corrected chi connectivity index (χ1v) is 10.7. The number of fused-ring (bicyclic) bond motifs is 3. The molecule has 8 nitrogen and oxygen atoms in total. The zero-order valence-electron chi connectivity index (χ0n) is 18.1. The molecule has 31 heavy (non-hydrogen) atoms. The second-order valence-corrected chi connectivity index (χ2v) is 9.46. The summed E-state index contributed by atoms with van der Waals surface area (Å²) in [7, 11) is 1.91. The van der Waals surface area contributed by atoms with Gasteiger partial charge in [0.1, 0.15) is 32.0 Å². The minimum absolute atomic E-state index is 0. The number of halogens is 1. The standard InChI is InChI=1S/C21H22ClN5O2S.H3N/c1-11(24-20(28)29-21(2,3)4)12-7-6-8-13(9-12)18-25-15-16-14(23-10-27(16)5)17(22)26-19(15)30-18;/h6-11H,1-5H3,(H,24,28);1H3. The van der Waals surface area contributed by atoms with Gasteiger partial charge in [-0.05, 0) is 39.3 Å². The molecule has 0 aliphatic rings. The maximum absolute atomic E-state index is 12.1. The number of carbonyl (C=O) groups excluding carboxylic acids is 1. The van der Waals surface area contributed by atoms with Crippen molar-refractivity contribution in [3.63, 3.8) is 0 Å². The van der Waals surface area contributed by atoms with Crippen LogP contribution in [-0.2, 0) is 11.8 Å². The van der Waals surface area contributed by atoms with E-state index >= 15 is 0 Å². The number of aromatic nitrogens is 4. The lowest BCUT2D eigenvalue weighted by atomic mass is 10.1. The van der Waals surface area contributed by atoms with E-state index in [0.717, 1.165) is 32.0 Å². The summed E-state index contributed by atoms with van der Waals surface area (Å²) < 4.78 is 7.25. The van der Waals surface area contributed by atoms with Gasteiger partial charge in [0.15, 0.2) is 5.15 Å². The zero-order valence-corrected chi connectivity index (χ0v) is 19.6. The number of amides is 1. The molecule has 3 aromatic heterocycles. The molecule has 0 aliphatic carbocycles. The quantitative estimate of drug-likeness (QED) is 0.381. The number of imidazole rings is 1. The third-order valence-corrected chi connectivity index (χ3v) is 5.79. The summed E-state index contributed by atoms with van der Waals surface area (Å²) in [4.78, 5) is 26.5. The molecule has 0 bridgehead atoms. The molecule has 10 heteroatoms. The van der Waals surface area contributed by atoms with Gasteiger partial charge in [-0.2, -0.15) is 0 Å². The van der Waals surface area contributed by atoms with E-state index in [1.807, 2.05) is 63.6 Å². The molecule has 0 fully saturated rings. The Morgan fingerprint density at radius 2 is 2.00 bits per heavy atom. The Morgan fingerprint density at radius 1 is 1.26 bits per heavy atom. The van der Waals surface area contributed by atoms with Gasteiger partial charge in [0, 0.05) is 12.6 Å². The van der Waals surface area contributed by atoms with Crippen molar-refractivity contribution >= 4 is 50.4 Å². The highest BCUT2D eigenvalue weighted by molar-refractivity contribution is 7.21. The van der Waals surface area contributed by atoms with Gasteiger partial charge < -0.3 is 20.8 Å². The minimum Gasteiger partial charge on any atom is -0.444 e. The van der Waals surface area contributed by atoms with Gasteiger partial charge in [-0.25, -0.2) is 19.7 Å². The molecule has 3 heterocycles. The molecule has 4 aromatic rings. The summed E-state index contributed by atoms with van der Waals surface area (Å²) in [6, 6.07) is 7.70. The van der Waals surface area contributed by atoms with Crippen molar-refractivity contribution < 1.29 is 9.53 Å². The molecule has 0 aliphatic heterocycles. The second-order valence-electron chi connectivity index (χ2n) is 8.12. The van der Waals surface area contributed by atoms with Crippen LogP contribution in [0.4, 0.5) is 4.79 Å². The topological polar surface area (TPSA) is 117 Å². The number of ether oxygens (including phenoxy) is 1. The second kappa shape index (κ2) is 8.41. The van der Waals surface area contributed by atoms with E-state index in [-0.39, 0.29) is 12.2 Å². The lowest BCUT2D eigenvalue weighted by Gasteiger charge is -2.22. The summed E-state index contributed by atoms with van der Waals surface area (Å²) in [5.74, 6) is 0. The molecule has 4 N–H and O–H groups in total.